The number of para-hydroxylation sites is 1. The van der Waals surface area contributed by atoms with Gasteiger partial charge >= 0.3 is 0 Å². The molecule has 2 aliphatic carbocycles. The van der Waals surface area contributed by atoms with Crippen LogP contribution >= 0.6 is 0 Å². The number of aliphatic hydroxyl groups is 2. The van der Waals surface area contributed by atoms with Crippen LogP contribution in [-0.4, -0.2) is 85.2 Å². The number of hydrogen-bond donors (Lipinski definition) is 2. The van der Waals surface area contributed by atoms with E-state index in [4.69, 9.17) is 19.0 Å². The van der Waals surface area contributed by atoms with Gasteiger partial charge in [0.05, 0.1) is 29.8 Å². The van der Waals surface area contributed by atoms with Crippen LogP contribution in [0.4, 0.5) is 0 Å². The van der Waals surface area contributed by atoms with E-state index in [-0.39, 0.29) is 55.4 Å². The fraction of sp³-hybridized carbons (Fsp3) is 0.426. The largest absolute Gasteiger partial charge is 0.460 e. The first kappa shape index (κ1) is 43.2. The highest BCUT2D eigenvalue weighted by Crippen LogP contribution is 2.62. The standard InChI is InChI=1S/C47H55N3O9S/c1-4-23-50(60(54,55)42-19-11-15-33-16-12-22-48-46(33)42)43-30-40(49-56-3)38-28-34(14-6-8-24-51)37(18-7-9-25-52)44-39-29-36(58-35-17-10-13-32(27-35)31-53)20-21-41(39)59-47(43,45(38)44)57-26-5-2/h5,10-13,15-17,19-22,27-29,31,34,37,43-45,51-52H,2,4,6-9,14,18,23-26,30H2,1,3H3/t34-,37+,43-,44+,45+,47+/m0/s1. The monoisotopic (exact) mass is 837 g/mol. The zero-order valence-electron chi connectivity index (χ0n) is 34.3. The van der Waals surface area contributed by atoms with Gasteiger partial charge in [-0.05, 0) is 92.0 Å². The number of pyridine rings is 1. The van der Waals surface area contributed by atoms with Gasteiger partial charge < -0.3 is 29.3 Å². The van der Waals surface area contributed by atoms with Gasteiger partial charge in [0, 0.05) is 54.8 Å². The van der Waals surface area contributed by atoms with Gasteiger partial charge in [0.1, 0.15) is 35.5 Å². The number of nitrogens with zero attached hydrogens (tertiary/aromatic N) is 3. The minimum atomic E-state index is -4.27. The molecule has 1 fully saturated rings. The lowest BCUT2D eigenvalue weighted by atomic mass is 9.55. The van der Waals surface area contributed by atoms with E-state index in [1.54, 1.807) is 54.7 Å². The molecule has 6 atom stereocenters. The van der Waals surface area contributed by atoms with Crippen molar-refractivity contribution < 1.29 is 42.5 Å². The summed E-state index contributed by atoms with van der Waals surface area (Å²) in [6.07, 6.45) is 11.2. The van der Waals surface area contributed by atoms with Crippen molar-refractivity contribution in [3.8, 4) is 17.2 Å². The molecule has 0 amide bonds. The van der Waals surface area contributed by atoms with Crippen LogP contribution in [0.25, 0.3) is 10.9 Å². The molecular weight excluding hydrogens is 783 g/mol. The molecule has 2 N–H and O–H groups in total. The first-order chi connectivity index (χ1) is 29.2. The molecule has 1 saturated carbocycles. The number of oxime groups is 1. The first-order valence-electron chi connectivity index (χ1n) is 20.9. The Hall–Kier alpha value is -4.92. The van der Waals surface area contributed by atoms with Gasteiger partial charge in [0.2, 0.25) is 15.8 Å². The second kappa shape index (κ2) is 19.2. The van der Waals surface area contributed by atoms with Crippen LogP contribution in [0, 0.1) is 17.8 Å². The van der Waals surface area contributed by atoms with Crippen molar-refractivity contribution in [3.05, 3.63) is 114 Å². The molecule has 318 valence electrons. The molecule has 3 aromatic carbocycles. The normalized spacial score (nSPS) is 24.0. The van der Waals surface area contributed by atoms with Gasteiger partial charge in [-0.25, -0.2) is 8.42 Å². The highest BCUT2D eigenvalue weighted by molar-refractivity contribution is 7.89. The van der Waals surface area contributed by atoms with Crippen molar-refractivity contribution in [2.45, 2.75) is 80.9 Å². The van der Waals surface area contributed by atoms with Gasteiger partial charge in [-0.15, -0.1) is 6.58 Å². The third kappa shape index (κ3) is 8.38. The van der Waals surface area contributed by atoms with Crippen molar-refractivity contribution >= 4 is 32.9 Å². The van der Waals surface area contributed by atoms with Crippen LogP contribution in [-0.2, 0) is 19.6 Å². The third-order valence-electron chi connectivity index (χ3n) is 12.0. The Morgan fingerprint density at radius 1 is 1.00 bits per heavy atom. The number of aliphatic hydroxyl groups excluding tert-OH is 2. The number of aromatic nitrogens is 1. The Kier molecular flexibility index (Phi) is 13.8. The van der Waals surface area contributed by atoms with E-state index in [1.807, 2.05) is 37.3 Å². The number of carbonyl (C=O) groups excluding carboxylic acids is 1. The summed E-state index contributed by atoms with van der Waals surface area (Å²) >= 11 is 0. The van der Waals surface area contributed by atoms with E-state index in [0.717, 1.165) is 43.1 Å². The number of hydrogen-bond acceptors (Lipinski definition) is 11. The van der Waals surface area contributed by atoms with Gasteiger partial charge in [0.25, 0.3) is 0 Å². The SMILES string of the molecule is C=CCO[C@@]12Oc3ccc(Oc4cccc(C=O)c4)cc3[C@H]3[C@H](CCCCO)[C@@H](CCCCO)C=C(C(=NOC)C[C@@H]1N(CCC)S(=O)(=O)c1cccc4cccnc14)[C@H]32. The summed E-state index contributed by atoms with van der Waals surface area (Å²) in [5, 5.41) is 25.1. The summed E-state index contributed by atoms with van der Waals surface area (Å²) < 4.78 is 53.0. The number of allylic oxidation sites excluding steroid dienone is 1. The highest BCUT2D eigenvalue weighted by atomic mass is 32.2. The molecule has 1 aromatic heterocycles. The minimum absolute atomic E-state index is 0.0203. The molecule has 60 heavy (non-hydrogen) atoms. The van der Waals surface area contributed by atoms with E-state index in [0.29, 0.717) is 58.7 Å². The summed E-state index contributed by atoms with van der Waals surface area (Å²) in [4.78, 5) is 21.8. The molecule has 3 aliphatic rings. The zero-order valence-corrected chi connectivity index (χ0v) is 35.1. The molecule has 7 rings (SSSR count). The lowest BCUT2D eigenvalue weighted by Gasteiger charge is -2.59. The fourth-order valence-corrected chi connectivity index (χ4v) is 11.6. The maximum absolute atomic E-state index is 15.4. The Morgan fingerprint density at radius 2 is 1.77 bits per heavy atom. The second-order valence-corrected chi connectivity index (χ2v) is 17.6. The summed E-state index contributed by atoms with van der Waals surface area (Å²) in [6, 6.07) is 20.5. The zero-order chi connectivity index (χ0) is 42.3. The maximum Gasteiger partial charge on any atom is 0.245 e. The maximum atomic E-state index is 15.4. The van der Waals surface area contributed by atoms with Crippen LogP contribution in [0.1, 0.15) is 80.1 Å². The first-order valence-corrected chi connectivity index (χ1v) is 22.4. The van der Waals surface area contributed by atoms with Crippen molar-refractivity contribution in [2.75, 3.05) is 33.5 Å². The van der Waals surface area contributed by atoms with E-state index in [2.05, 4.69) is 22.8 Å². The quantitative estimate of drug-likeness (QED) is 0.0385. The van der Waals surface area contributed by atoms with Crippen molar-refractivity contribution in [1.82, 2.24) is 9.29 Å². The highest BCUT2D eigenvalue weighted by Gasteiger charge is 2.66. The average Bonchev–Trinajstić information content (AvgIpc) is 3.26. The summed E-state index contributed by atoms with van der Waals surface area (Å²) in [6.45, 7) is 6.30. The average molecular weight is 838 g/mol. The predicted molar refractivity (Wildman–Crippen MR) is 230 cm³/mol. The van der Waals surface area contributed by atoms with E-state index in [9.17, 15) is 15.0 Å². The van der Waals surface area contributed by atoms with Gasteiger partial charge in [0.15, 0.2) is 0 Å². The van der Waals surface area contributed by atoms with Gasteiger partial charge in [-0.2, -0.15) is 4.31 Å². The van der Waals surface area contributed by atoms with Crippen molar-refractivity contribution in [3.63, 3.8) is 0 Å². The number of rotatable bonds is 20. The molecule has 0 radical (unpaired) electrons. The molecule has 2 heterocycles. The van der Waals surface area contributed by atoms with E-state index in [1.165, 1.54) is 11.4 Å². The number of ether oxygens (including phenoxy) is 3. The predicted octanol–water partition coefficient (Wildman–Crippen LogP) is 8.20. The second-order valence-electron chi connectivity index (χ2n) is 15.7. The van der Waals surface area contributed by atoms with Crippen LogP contribution in [0.15, 0.2) is 113 Å². The molecule has 1 aliphatic heterocycles. The van der Waals surface area contributed by atoms with Crippen LogP contribution in [0.2, 0.25) is 0 Å². The Bertz CT molecular complexity index is 2330. The molecule has 0 spiro atoms. The van der Waals surface area contributed by atoms with Crippen LogP contribution in [0.5, 0.6) is 17.2 Å². The molecule has 4 aromatic rings. The van der Waals surface area contributed by atoms with Gasteiger partial charge in [-0.3, -0.25) is 9.78 Å². The smallest absolute Gasteiger partial charge is 0.245 e. The summed E-state index contributed by atoms with van der Waals surface area (Å²) in [5.41, 5.74) is 3.20. The lowest BCUT2D eigenvalue weighted by Crippen LogP contribution is -2.70. The Labute approximate surface area is 352 Å². The van der Waals surface area contributed by atoms with Crippen molar-refractivity contribution in [2.24, 2.45) is 22.9 Å². The fourth-order valence-electron chi connectivity index (χ4n) is 9.66. The number of benzene rings is 3. The Balaban J connectivity index is 1.47. The number of sulfonamides is 1. The Morgan fingerprint density at radius 3 is 2.52 bits per heavy atom. The third-order valence-corrected chi connectivity index (χ3v) is 14.0. The van der Waals surface area contributed by atoms with Crippen LogP contribution in [0.3, 0.4) is 0 Å². The number of carbonyl (C=O) groups is 1. The van der Waals surface area contributed by atoms with E-state index < -0.39 is 27.8 Å². The molecule has 13 heteroatoms. The number of unbranched alkanes of at least 4 members (excludes halogenated alkanes) is 2. The molecule has 0 saturated heterocycles. The van der Waals surface area contributed by atoms with Crippen LogP contribution < -0.4 is 9.47 Å². The summed E-state index contributed by atoms with van der Waals surface area (Å²) in [7, 11) is -2.78. The molecule has 0 unspecified atom stereocenters. The van der Waals surface area contributed by atoms with Gasteiger partial charge in [-0.1, -0.05) is 67.4 Å². The topological polar surface area (TPSA) is 157 Å². The molecule has 0 bridgehead atoms. The number of fused-ring (bicyclic) bond motifs is 3. The van der Waals surface area contributed by atoms with Crippen molar-refractivity contribution in [1.29, 1.82) is 0 Å². The molecular formula is C47H55N3O9S. The molecule has 12 nitrogen and oxygen atoms in total. The van der Waals surface area contributed by atoms with E-state index >= 15 is 8.42 Å². The number of aldehydes is 1. The minimum Gasteiger partial charge on any atom is -0.460 e. The summed E-state index contributed by atoms with van der Waals surface area (Å²) in [5.74, 6) is -0.880. The lowest BCUT2D eigenvalue weighted by molar-refractivity contribution is -0.251.